The van der Waals surface area contributed by atoms with Gasteiger partial charge in [0.1, 0.15) is 0 Å². The molecule has 72 valence electrons. The molecule has 0 bridgehead atoms. The first-order chi connectivity index (χ1) is 5.06. The van der Waals surface area contributed by atoms with Gasteiger partial charge in [-0.3, -0.25) is 0 Å². The maximum atomic E-state index is 9.75. The molecule has 0 N–H and O–H groups in total. The molecule has 0 saturated carbocycles. The van der Waals surface area contributed by atoms with Crippen molar-refractivity contribution in [3.63, 3.8) is 0 Å². The molecule has 0 spiro atoms. The molecule has 0 amide bonds. The Morgan fingerprint density at radius 1 is 1.25 bits per heavy atom. The highest BCUT2D eigenvalue weighted by molar-refractivity contribution is 6.98. The Bertz CT molecular complexity index is 168. The summed E-state index contributed by atoms with van der Waals surface area (Å²) in [7, 11) is -7.20. The van der Waals surface area contributed by atoms with Crippen LogP contribution in [0.4, 0.5) is 17.3 Å². The second kappa shape index (κ2) is 5.10. The van der Waals surface area contributed by atoms with Crippen LogP contribution < -0.4 is 0 Å². The van der Waals surface area contributed by atoms with Crippen LogP contribution in [0.3, 0.4) is 0 Å². The van der Waals surface area contributed by atoms with E-state index >= 15 is 0 Å². The van der Waals surface area contributed by atoms with Crippen LogP contribution in [0.5, 0.6) is 0 Å². The van der Waals surface area contributed by atoms with E-state index in [0.29, 0.717) is 0 Å². The Labute approximate surface area is 70.8 Å². The van der Waals surface area contributed by atoms with E-state index in [-0.39, 0.29) is 1.43 Å². The van der Waals surface area contributed by atoms with E-state index in [0.717, 1.165) is 0 Å². The van der Waals surface area contributed by atoms with E-state index in [9.17, 15) is 17.3 Å². The Kier molecular flexibility index (Phi) is 5.93. The fourth-order valence-corrected chi connectivity index (χ4v) is 0.520. The Morgan fingerprint density at radius 2 is 1.50 bits per heavy atom. The maximum Gasteiger partial charge on any atom is 1.00 e. The van der Waals surface area contributed by atoms with Crippen molar-refractivity contribution in [3.8, 4) is 0 Å². The third-order valence-electron chi connectivity index (χ3n) is 0.445. The minimum Gasteiger partial charge on any atom is -0.418 e. The summed E-state index contributed by atoms with van der Waals surface area (Å²) < 4.78 is 39.0. The molecule has 0 aromatic rings. The van der Waals surface area contributed by atoms with Gasteiger partial charge in [-0.05, 0) is 0 Å². The van der Waals surface area contributed by atoms with Crippen LogP contribution >= 0.6 is 0 Å². The number of hydrogen-bond acceptors (Lipinski definition) is 0. The molecule has 0 fully saturated rings. The number of nitrogens with zero attached hydrogens (tertiary/aromatic N) is 2. The summed E-state index contributed by atoms with van der Waals surface area (Å²) in [5.74, 6) is 1.63. The lowest BCUT2D eigenvalue weighted by Crippen LogP contribution is -2.22. The number of halogens is 4. The molecule has 0 heterocycles. The fraction of sp³-hybridized carbons (Fsp3) is 0.750. The van der Waals surface area contributed by atoms with Crippen LogP contribution in [0.1, 0.15) is 1.43 Å². The van der Waals surface area contributed by atoms with Crippen LogP contribution in [-0.2, 0) is 0 Å². The molecule has 0 radical (unpaired) electrons. The zero-order valence-electron chi connectivity index (χ0n) is 8.06. The van der Waals surface area contributed by atoms with Crippen LogP contribution in [0.2, 0.25) is 19.6 Å². The molecular weight excluding hydrogens is 191 g/mol. The van der Waals surface area contributed by atoms with Gasteiger partial charge in [0.2, 0.25) is 5.84 Å². The minimum absolute atomic E-state index is 0. The number of hydrogen-bond donors (Lipinski definition) is 0. The van der Waals surface area contributed by atoms with Crippen molar-refractivity contribution in [3.05, 3.63) is 5.53 Å². The van der Waals surface area contributed by atoms with E-state index in [1.807, 2.05) is 0 Å². The van der Waals surface area contributed by atoms with Gasteiger partial charge in [-0.1, -0.05) is 19.6 Å². The second-order valence-electron chi connectivity index (χ2n) is 3.11. The van der Waals surface area contributed by atoms with Crippen LogP contribution in [-0.4, -0.2) is 26.0 Å². The third kappa shape index (κ3) is 57.6. The minimum atomic E-state index is -6.00. The van der Waals surface area contributed by atoms with Crippen LogP contribution in [0.25, 0.3) is 5.53 Å². The largest absolute Gasteiger partial charge is 1.00 e. The monoisotopic (exact) mass is 202 g/mol. The summed E-state index contributed by atoms with van der Waals surface area (Å²) in [5, 5.41) is 0. The SMILES string of the molecule is C[Si](C)(C)C=[N+]=[N-].F[B-](F)(F)F.[H+]. The van der Waals surface area contributed by atoms with Gasteiger partial charge in [0, 0.05) is 0 Å². The predicted octanol–water partition coefficient (Wildman–Crippen LogP) is 2.58. The molecule has 0 aromatic carbocycles. The van der Waals surface area contributed by atoms with Crippen LogP contribution in [0, 0.1) is 0 Å². The smallest absolute Gasteiger partial charge is 0.418 e. The molecule has 0 aliphatic heterocycles. The van der Waals surface area contributed by atoms with Gasteiger partial charge >= 0.3 is 8.68 Å². The Balaban J connectivity index is -0.000000150. The normalized spacial score (nSPS) is 10.9. The first-order valence-corrected chi connectivity index (χ1v) is 6.70. The summed E-state index contributed by atoms with van der Waals surface area (Å²) in [6.07, 6.45) is 0. The molecule has 0 atom stereocenters. The summed E-state index contributed by atoms with van der Waals surface area (Å²) in [5.41, 5.74) is 8.01. The summed E-state index contributed by atoms with van der Waals surface area (Å²) >= 11 is 0. The summed E-state index contributed by atoms with van der Waals surface area (Å²) in [4.78, 5) is 2.94. The average Bonchev–Trinajstić information content (AvgIpc) is 1.54. The first-order valence-electron chi connectivity index (χ1n) is 3.12. The molecule has 0 rings (SSSR count). The van der Waals surface area contributed by atoms with Crippen molar-refractivity contribution in [2.75, 3.05) is 0 Å². The highest BCUT2D eigenvalue weighted by Crippen LogP contribution is 2.06. The lowest BCUT2D eigenvalue weighted by atomic mass is 10.3. The van der Waals surface area contributed by atoms with E-state index in [4.69, 9.17) is 5.53 Å². The van der Waals surface area contributed by atoms with Gasteiger partial charge in [0.25, 0.3) is 0 Å². The van der Waals surface area contributed by atoms with Crippen molar-refractivity contribution < 1.29 is 23.5 Å². The molecule has 0 saturated heterocycles. The van der Waals surface area contributed by atoms with Gasteiger partial charge < -0.3 is 22.8 Å². The molecule has 8 heteroatoms. The van der Waals surface area contributed by atoms with Crippen molar-refractivity contribution in [1.82, 2.24) is 0 Å². The highest BCUT2D eigenvalue weighted by Gasteiger charge is 2.20. The lowest BCUT2D eigenvalue weighted by Gasteiger charge is -1.95. The Morgan fingerprint density at radius 3 is 1.50 bits per heavy atom. The summed E-state index contributed by atoms with van der Waals surface area (Å²) in [6.45, 7) is 6.31. The molecule has 0 unspecified atom stereocenters. The zero-order chi connectivity index (χ0) is 10.4. The maximum absolute atomic E-state index is 9.75. The topological polar surface area (TPSA) is 36.4 Å². The highest BCUT2D eigenvalue weighted by atomic mass is 28.3. The van der Waals surface area contributed by atoms with E-state index in [2.05, 4.69) is 24.4 Å². The van der Waals surface area contributed by atoms with Gasteiger partial charge in [0.15, 0.2) is 8.07 Å². The van der Waals surface area contributed by atoms with Crippen molar-refractivity contribution in [1.29, 1.82) is 0 Å². The van der Waals surface area contributed by atoms with Gasteiger partial charge in [-0.15, -0.1) is 0 Å². The fourth-order valence-electron chi connectivity index (χ4n) is 0.173. The first kappa shape index (κ1) is 13.9. The zero-order valence-corrected chi connectivity index (χ0v) is 8.06. The lowest BCUT2D eigenvalue weighted by molar-refractivity contribution is 0.00680. The van der Waals surface area contributed by atoms with Crippen molar-refractivity contribution in [2.24, 2.45) is 0 Å². The second-order valence-corrected chi connectivity index (χ2v) is 8.10. The van der Waals surface area contributed by atoms with E-state index in [1.165, 1.54) is 0 Å². The van der Waals surface area contributed by atoms with Crippen molar-refractivity contribution in [2.45, 2.75) is 19.6 Å². The third-order valence-corrected chi connectivity index (χ3v) is 1.34. The molecule has 2 nitrogen and oxygen atoms in total. The van der Waals surface area contributed by atoms with Gasteiger partial charge in [-0.2, -0.15) is 4.79 Å². The predicted molar refractivity (Wildman–Crippen MR) is 44.3 cm³/mol. The Hall–Kier alpha value is -0.618. The van der Waals surface area contributed by atoms with Crippen LogP contribution in [0.15, 0.2) is 0 Å². The quantitative estimate of drug-likeness (QED) is 0.206. The van der Waals surface area contributed by atoms with Gasteiger partial charge in [-0.25, -0.2) is 0 Å². The molecule has 0 aliphatic rings. The van der Waals surface area contributed by atoms with Crippen molar-refractivity contribution >= 4 is 21.2 Å². The molecular formula is C4H11BF4N2Si. The van der Waals surface area contributed by atoms with E-state index < -0.39 is 15.3 Å². The van der Waals surface area contributed by atoms with Gasteiger partial charge in [0.05, 0.1) is 0 Å². The molecule has 0 aromatic heterocycles. The molecule has 0 aliphatic carbocycles. The average molecular weight is 202 g/mol. The molecule has 12 heavy (non-hydrogen) atoms. The number of rotatable bonds is 1. The standard InChI is InChI=1S/C4H10N2Si.BF4/c1-7(2,3)4-6-5;2-1(3,4)5/h4H,1-3H3;/q;-1/p+1. The summed E-state index contributed by atoms with van der Waals surface area (Å²) in [6, 6.07) is 0. The van der Waals surface area contributed by atoms with E-state index in [1.54, 1.807) is 5.84 Å².